The second-order valence-electron chi connectivity index (χ2n) is 5.25. The molecule has 0 radical (unpaired) electrons. The predicted molar refractivity (Wildman–Crippen MR) is 98.3 cm³/mol. The van der Waals surface area contributed by atoms with E-state index in [2.05, 4.69) is 6.92 Å². The van der Waals surface area contributed by atoms with Gasteiger partial charge < -0.3 is 19.4 Å². The lowest BCUT2D eigenvalue weighted by atomic mass is 10.2. The van der Waals surface area contributed by atoms with Gasteiger partial charge in [-0.25, -0.2) is 0 Å². The van der Waals surface area contributed by atoms with Gasteiger partial charge in [0, 0.05) is 0 Å². The minimum Gasteiger partial charge on any atom is -0.548 e. The Morgan fingerprint density at radius 3 is 2.80 bits per heavy atom. The number of thioether (sulfide) groups is 1. The van der Waals surface area contributed by atoms with Crippen LogP contribution in [0.2, 0.25) is 0 Å². The highest BCUT2D eigenvalue weighted by Gasteiger charge is 2.31. The highest BCUT2D eigenvalue weighted by Crippen LogP contribution is 2.34. The number of benzene rings is 1. The number of methoxy groups -OCH3 is 1. The quantitative estimate of drug-likeness (QED) is 0.387. The van der Waals surface area contributed by atoms with Gasteiger partial charge in [-0.3, -0.25) is 9.69 Å². The van der Waals surface area contributed by atoms with Crippen molar-refractivity contribution >= 4 is 46.3 Å². The number of unbranched alkanes of at least 4 members (excludes halogenated alkanes) is 1. The summed E-state index contributed by atoms with van der Waals surface area (Å²) in [6, 6.07) is 5.34. The van der Waals surface area contributed by atoms with Crippen molar-refractivity contribution in [2.75, 3.05) is 20.3 Å². The number of nitrogens with zero attached hydrogens (tertiary/aromatic N) is 1. The van der Waals surface area contributed by atoms with E-state index in [-0.39, 0.29) is 4.32 Å². The van der Waals surface area contributed by atoms with E-state index in [1.807, 2.05) is 0 Å². The third-order valence-electron chi connectivity index (χ3n) is 3.40. The zero-order chi connectivity index (χ0) is 18.4. The van der Waals surface area contributed by atoms with Crippen LogP contribution in [-0.4, -0.2) is 41.4 Å². The summed E-state index contributed by atoms with van der Waals surface area (Å²) in [6.07, 6.45) is 3.63. The lowest BCUT2D eigenvalue weighted by Gasteiger charge is -2.14. The standard InChI is InChI=1S/C17H19NO5S2/c1-3-4-7-23-12-6-5-11(8-13(12)22-2)9-14-16(21)18(10-15(19)20)17(24)25-14/h5-6,8-9H,3-4,7,10H2,1-2H3,(H,19,20)/p-1. The Kier molecular flexibility index (Phi) is 6.83. The maximum Gasteiger partial charge on any atom is 0.266 e. The Morgan fingerprint density at radius 1 is 1.40 bits per heavy atom. The molecule has 2 rings (SSSR count). The Labute approximate surface area is 155 Å². The van der Waals surface area contributed by atoms with Crippen LogP contribution in [0.1, 0.15) is 25.3 Å². The molecular weight excluding hydrogens is 362 g/mol. The molecule has 1 heterocycles. The summed E-state index contributed by atoms with van der Waals surface area (Å²) in [5.41, 5.74) is 0.730. The minimum absolute atomic E-state index is 0.201. The molecule has 1 aliphatic rings. The summed E-state index contributed by atoms with van der Waals surface area (Å²) in [7, 11) is 1.55. The van der Waals surface area contributed by atoms with Crippen LogP contribution < -0.4 is 14.6 Å². The molecule has 0 aromatic heterocycles. The zero-order valence-electron chi connectivity index (χ0n) is 13.9. The van der Waals surface area contributed by atoms with E-state index in [1.165, 1.54) is 0 Å². The van der Waals surface area contributed by atoms with E-state index in [1.54, 1.807) is 31.4 Å². The van der Waals surface area contributed by atoms with Gasteiger partial charge in [0.1, 0.15) is 4.32 Å². The van der Waals surface area contributed by atoms with Gasteiger partial charge in [0.15, 0.2) is 11.5 Å². The second-order valence-corrected chi connectivity index (χ2v) is 6.93. The minimum atomic E-state index is -1.35. The van der Waals surface area contributed by atoms with Crippen molar-refractivity contribution in [3.63, 3.8) is 0 Å². The lowest BCUT2D eigenvalue weighted by molar-refractivity contribution is -0.305. The van der Waals surface area contributed by atoms with Crippen molar-refractivity contribution in [1.29, 1.82) is 0 Å². The molecule has 134 valence electrons. The average Bonchev–Trinajstić information content (AvgIpc) is 2.83. The maximum absolute atomic E-state index is 12.3. The normalized spacial score (nSPS) is 15.8. The molecule has 25 heavy (non-hydrogen) atoms. The molecule has 0 saturated carbocycles. The molecule has 1 saturated heterocycles. The molecule has 1 aromatic rings. The fourth-order valence-corrected chi connectivity index (χ4v) is 3.39. The number of aliphatic carboxylic acids is 1. The number of carbonyl (C=O) groups is 2. The summed E-state index contributed by atoms with van der Waals surface area (Å²) in [6.45, 7) is 2.14. The molecule has 0 unspecified atom stereocenters. The number of carboxylic acid groups (broad SMARTS) is 1. The van der Waals surface area contributed by atoms with Crippen LogP contribution in [0, 0.1) is 0 Å². The molecule has 1 amide bonds. The van der Waals surface area contributed by atoms with Crippen LogP contribution in [0.5, 0.6) is 11.5 Å². The van der Waals surface area contributed by atoms with E-state index < -0.39 is 18.4 Å². The Morgan fingerprint density at radius 2 is 2.16 bits per heavy atom. The summed E-state index contributed by atoms with van der Waals surface area (Å²) in [5, 5.41) is 10.7. The van der Waals surface area contributed by atoms with Gasteiger partial charge in [0.2, 0.25) is 0 Å². The number of rotatable bonds is 8. The number of hydrogen-bond acceptors (Lipinski definition) is 7. The van der Waals surface area contributed by atoms with Crippen LogP contribution in [-0.2, 0) is 9.59 Å². The SMILES string of the molecule is CCCCOc1ccc(C=C2SC(=S)N(CC(=O)[O-])C2=O)cc1OC. The molecule has 6 nitrogen and oxygen atoms in total. The predicted octanol–water partition coefficient (Wildman–Crippen LogP) is 1.83. The molecule has 1 aromatic carbocycles. The Bertz CT molecular complexity index is 717. The fraction of sp³-hybridized carbons (Fsp3) is 0.353. The van der Waals surface area contributed by atoms with Crippen molar-refractivity contribution in [3.8, 4) is 11.5 Å². The first-order valence-electron chi connectivity index (χ1n) is 7.72. The summed E-state index contributed by atoms with van der Waals surface area (Å²) >= 11 is 6.11. The van der Waals surface area contributed by atoms with E-state index >= 15 is 0 Å². The summed E-state index contributed by atoms with van der Waals surface area (Å²) in [4.78, 5) is 24.3. The van der Waals surface area contributed by atoms with E-state index in [0.717, 1.165) is 35.1 Å². The van der Waals surface area contributed by atoms with Crippen molar-refractivity contribution < 1.29 is 24.2 Å². The van der Waals surface area contributed by atoms with E-state index in [9.17, 15) is 14.7 Å². The van der Waals surface area contributed by atoms with E-state index in [4.69, 9.17) is 21.7 Å². The number of thiocarbonyl (C=S) groups is 1. The molecule has 0 N–H and O–H groups in total. The number of carboxylic acids is 1. The first kappa shape index (κ1) is 19.3. The maximum atomic E-state index is 12.3. The van der Waals surface area contributed by atoms with Gasteiger partial charge in [0.05, 0.1) is 31.1 Å². The van der Waals surface area contributed by atoms with Crippen LogP contribution in [0.3, 0.4) is 0 Å². The van der Waals surface area contributed by atoms with Crippen molar-refractivity contribution in [1.82, 2.24) is 4.90 Å². The lowest BCUT2D eigenvalue weighted by Crippen LogP contribution is -2.40. The van der Waals surface area contributed by atoms with Gasteiger partial charge in [0.25, 0.3) is 5.91 Å². The molecular formula is C17H18NO5S2-. The molecule has 1 aliphatic heterocycles. The molecule has 1 fully saturated rings. The van der Waals surface area contributed by atoms with Crippen LogP contribution in [0.25, 0.3) is 6.08 Å². The number of amides is 1. The average molecular weight is 380 g/mol. The smallest absolute Gasteiger partial charge is 0.266 e. The van der Waals surface area contributed by atoms with Crippen LogP contribution >= 0.6 is 24.0 Å². The molecule has 0 spiro atoms. The van der Waals surface area contributed by atoms with Gasteiger partial charge in [-0.15, -0.1) is 0 Å². The topological polar surface area (TPSA) is 78.9 Å². The van der Waals surface area contributed by atoms with Gasteiger partial charge in [-0.05, 0) is 30.2 Å². The third kappa shape index (κ3) is 4.96. The fourth-order valence-electron chi connectivity index (χ4n) is 2.14. The molecule has 0 atom stereocenters. The highest BCUT2D eigenvalue weighted by atomic mass is 32.2. The van der Waals surface area contributed by atoms with Crippen LogP contribution in [0.4, 0.5) is 0 Å². The zero-order valence-corrected chi connectivity index (χ0v) is 15.6. The molecule has 0 aliphatic carbocycles. The van der Waals surface area contributed by atoms with Crippen LogP contribution in [0.15, 0.2) is 23.1 Å². The second kappa shape index (κ2) is 8.87. The molecule has 8 heteroatoms. The largest absolute Gasteiger partial charge is 0.548 e. The van der Waals surface area contributed by atoms with Gasteiger partial charge in [-0.2, -0.15) is 0 Å². The Hall–Kier alpha value is -2.06. The monoisotopic (exact) mass is 380 g/mol. The number of ether oxygens (including phenoxy) is 2. The van der Waals surface area contributed by atoms with Crippen molar-refractivity contribution in [2.45, 2.75) is 19.8 Å². The Balaban J connectivity index is 2.19. The first-order valence-corrected chi connectivity index (χ1v) is 8.94. The van der Waals surface area contributed by atoms with Crippen molar-refractivity contribution in [2.24, 2.45) is 0 Å². The van der Waals surface area contributed by atoms with Crippen molar-refractivity contribution in [3.05, 3.63) is 28.7 Å². The molecule has 0 bridgehead atoms. The number of hydrogen-bond donors (Lipinski definition) is 0. The third-order valence-corrected chi connectivity index (χ3v) is 4.78. The number of carbonyl (C=O) groups excluding carboxylic acids is 2. The van der Waals surface area contributed by atoms with Gasteiger partial charge in [-0.1, -0.05) is 43.4 Å². The highest BCUT2D eigenvalue weighted by molar-refractivity contribution is 8.26. The first-order chi connectivity index (χ1) is 12.0. The summed E-state index contributed by atoms with van der Waals surface area (Å²) < 4.78 is 11.2. The van der Waals surface area contributed by atoms with E-state index in [0.29, 0.717) is 23.0 Å². The van der Waals surface area contributed by atoms with Gasteiger partial charge >= 0.3 is 0 Å². The summed E-state index contributed by atoms with van der Waals surface area (Å²) in [5.74, 6) is -0.595.